The summed E-state index contributed by atoms with van der Waals surface area (Å²) in [6.07, 6.45) is 3.76. The molecule has 3 rings (SSSR count). The number of carbonyl (C=O) groups is 1. The number of hydrogen-bond donors (Lipinski definition) is 1. The van der Waals surface area contributed by atoms with Crippen molar-refractivity contribution in [2.45, 2.75) is 40.3 Å². The highest BCUT2D eigenvalue weighted by Crippen LogP contribution is 2.24. The van der Waals surface area contributed by atoms with E-state index in [1.54, 1.807) is 6.20 Å². The molecule has 6 heteroatoms. The minimum atomic E-state index is -0.0672. The Hall–Kier alpha value is -2.73. The van der Waals surface area contributed by atoms with Crippen LogP contribution in [-0.4, -0.2) is 51.2 Å². The second kappa shape index (κ2) is 8.97. The number of nitrogens with one attached hydrogen (secondary N) is 1. The summed E-state index contributed by atoms with van der Waals surface area (Å²) >= 11 is 0. The predicted molar refractivity (Wildman–Crippen MR) is 113 cm³/mol. The Balaban J connectivity index is 1.93. The molecule has 6 nitrogen and oxygen atoms in total. The number of para-hydroxylation sites is 1. The Kier molecular flexibility index (Phi) is 6.41. The second-order valence-corrected chi connectivity index (χ2v) is 7.02. The van der Waals surface area contributed by atoms with E-state index in [9.17, 15) is 4.79 Å². The van der Waals surface area contributed by atoms with Crippen LogP contribution in [0.4, 0.5) is 0 Å². The maximum absolute atomic E-state index is 13.1. The molecule has 0 saturated carbocycles. The molecule has 148 valence electrons. The van der Waals surface area contributed by atoms with Crippen molar-refractivity contribution in [3.05, 3.63) is 48.3 Å². The zero-order valence-corrected chi connectivity index (χ0v) is 17.1. The maximum Gasteiger partial charge on any atom is 0.252 e. The molecule has 2 aromatic heterocycles. The number of nitrogens with zero attached hydrogens (tertiary/aromatic N) is 4. The minimum absolute atomic E-state index is 0.0608. The molecule has 0 aliphatic heterocycles. The Morgan fingerprint density at radius 3 is 2.64 bits per heavy atom. The molecule has 0 bridgehead atoms. The fourth-order valence-corrected chi connectivity index (χ4v) is 3.40. The van der Waals surface area contributed by atoms with Crippen LogP contribution in [0.5, 0.6) is 0 Å². The van der Waals surface area contributed by atoms with Gasteiger partial charge in [-0.1, -0.05) is 32.0 Å². The Labute approximate surface area is 166 Å². The highest BCUT2D eigenvalue weighted by atomic mass is 16.1. The lowest BCUT2D eigenvalue weighted by molar-refractivity contribution is 0.0932. The number of likely N-dealkylation sites (N-methyl/N-ethyl adjacent to an activating group) is 1. The molecule has 0 unspecified atom stereocenters. The number of aromatic nitrogens is 3. The van der Waals surface area contributed by atoms with Crippen molar-refractivity contribution in [2.24, 2.45) is 0 Å². The van der Waals surface area contributed by atoms with E-state index >= 15 is 0 Å². The molecule has 0 aliphatic carbocycles. The van der Waals surface area contributed by atoms with Crippen molar-refractivity contribution < 1.29 is 4.79 Å². The first-order valence-electron chi connectivity index (χ1n) is 10.0. The first kappa shape index (κ1) is 20.0. The highest BCUT2D eigenvalue weighted by Gasteiger charge is 2.17. The van der Waals surface area contributed by atoms with Gasteiger partial charge in [0, 0.05) is 36.3 Å². The van der Waals surface area contributed by atoms with Gasteiger partial charge in [0.25, 0.3) is 5.91 Å². The van der Waals surface area contributed by atoms with Gasteiger partial charge in [-0.25, -0.2) is 4.98 Å². The summed E-state index contributed by atoms with van der Waals surface area (Å²) in [6, 6.07) is 9.71. The fraction of sp³-hybridized carbons (Fsp3) is 0.409. The largest absolute Gasteiger partial charge is 0.348 e. The van der Waals surface area contributed by atoms with Gasteiger partial charge in [0.2, 0.25) is 0 Å². The topological polar surface area (TPSA) is 63.1 Å². The van der Waals surface area contributed by atoms with Gasteiger partial charge >= 0.3 is 0 Å². The van der Waals surface area contributed by atoms with Gasteiger partial charge in [-0.3, -0.25) is 9.48 Å². The van der Waals surface area contributed by atoms with Gasteiger partial charge in [0.15, 0.2) is 0 Å². The van der Waals surface area contributed by atoms with Crippen LogP contribution in [-0.2, 0) is 6.54 Å². The average Bonchev–Trinajstić information content (AvgIpc) is 3.20. The molecular formula is C22H29N5O. The summed E-state index contributed by atoms with van der Waals surface area (Å²) in [7, 11) is 0. The zero-order chi connectivity index (χ0) is 20.1. The van der Waals surface area contributed by atoms with E-state index in [0.717, 1.165) is 48.3 Å². The molecule has 0 saturated heterocycles. The third kappa shape index (κ3) is 4.39. The van der Waals surface area contributed by atoms with Gasteiger partial charge in [0.05, 0.1) is 23.0 Å². The fourth-order valence-electron chi connectivity index (χ4n) is 3.40. The van der Waals surface area contributed by atoms with Crippen LogP contribution in [0, 0.1) is 0 Å². The molecular weight excluding hydrogens is 350 g/mol. The smallest absolute Gasteiger partial charge is 0.252 e. The number of benzene rings is 1. The SMILES string of the molecule is CCN(CC)C[C@@H](C)NC(=O)c1cc(-c2cnn(CC)c2)nc2ccccc12. The van der Waals surface area contributed by atoms with Crippen LogP contribution in [0.15, 0.2) is 42.7 Å². The van der Waals surface area contributed by atoms with Crippen LogP contribution in [0.25, 0.3) is 22.2 Å². The highest BCUT2D eigenvalue weighted by molar-refractivity contribution is 6.07. The number of fused-ring (bicyclic) bond motifs is 1. The summed E-state index contributed by atoms with van der Waals surface area (Å²) in [4.78, 5) is 20.1. The van der Waals surface area contributed by atoms with E-state index in [4.69, 9.17) is 4.98 Å². The molecule has 3 aromatic rings. The normalized spacial score (nSPS) is 12.5. The number of carbonyl (C=O) groups excluding carboxylic acids is 1. The van der Waals surface area contributed by atoms with Gasteiger partial charge in [0.1, 0.15) is 0 Å². The van der Waals surface area contributed by atoms with Crippen molar-refractivity contribution >= 4 is 16.8 Å². The van der Waals surface area contributed by atoms with Crippen molar-refractivity contribution in [3.8, 4) is 11.3 Å². The lowest BCUT2D eigenvalue weighted by atomic mass is 10.0. The van der Waals surface area contributed by atoms with Crippen LogP contribution in [0.2, 0.25) is 0 Å². The molecule has 1 aromatic carbocycles. The van der Waals surface area contributed by atoms with Crippen LogP contribution in [0.3, 0.4) is 0 Å². The lowest BCUT2D eigenvalue weighted by Crippen LogP contribution is -2.42. The molecule has 1 N–H and O–H groups in total. The van der Waals surface area contributed by atoms with E-state index in [1.165, 1.54) is 0 Å². The first-order chi connectivity index (χ1) is 13.5. The summed E-state index contributed by atoms with van der Waals surface area (Å²) in [5.41, 5.74) is 3.14. The number of hydrogen-bond acceptors (Lipinski definition) is 4. The minimum Gasteiger partial charge on any atom is -0.348 e. The van der Waals surface area contributed by atoms with E-state index in [2.05, 4.69) is 29.2 Å². The number of pyridine rings is 1. The molecule has 0 spiro atoms. The summed E-state index contributed by atoms with van der Waals surface area (Å²) < 4.78 is 1.86. The van der Waals surface area contributed by atoms with Gasteiger partial charge in [-0.15, -0.1) is 0 Å². The van der Waals surface area contributed by atoms with Gasteiger partial charge in [-0.05, 0) is 39.1 Å². The third-order valence-corrected chi connectivity index (χ3v) is 5.02. The van der Waals surface area contributed by atoms with Crippen molar-refractivity contribution in [2.75, 3.05) is 19.6 Å². The Bertz CT molecular complexity index is 945. The van der Waals surface area contributed by atoms with Crippen molar-refractivity contribution in [3.63, 3.8) is 0 Å². The standard InChI is InChI=1S/C22H29N5O/c1-5-26(6-2)14-16(4)24-22(28)19-12-21(17-13-23-27(7-3)15-17)25-20-11-9-8-10-18(19)20/h8-13,15-16H,5-7,14H2,1-4H3,(H,24,28)/t16-/m1/s1. The van der Waals surface area contributed by atoms with Crippen LogP contribution >= 0.6 is 0 Å². The summed E-state index contributed by atoms with van der Waals surface area (Å²) in [5, 5.41) is 8.35. The molecule has 0 aliphatic rings. The zero-order valence-electron chi connectivity index (χ0n) is 17.1. The Morgan fingerprint density at radius 1 is 1.21 bits per heavy atom. The van der Waals surface area contributed by atoms with Crippen molar-refractivity contribution in [1.82, 2.24) is 25.0 Å². The molecule has 1 atom stereocenters. The molecule has 1 amide bonds. The van der Waals surface area contributed by atoms with E-state index in [0.29, 0.717) is 5.56 Å². The summed E-state index contributed by atoms with van der Waals surface area (Å²) in [5.74, 6) is -0.0672. The van der Waals surface area contributed by atoms with E-state index in [-0.39, 0.29) is 11.9 Å². The number of aryl methyl sites for hydroxylation is 1. The lowest BCUT2D eigenvalue weighted by Gasteiger charge is -2.23. The monoisotopic (exact) mass is 379 g/mol. The molecule has 0 radical (unpaired) electrons. The predicted octanol–water partition coefficient (Wildman–Crippen LogP) is 3.58. The maximum atomic E-state index is 13.1. The summed E-state index contributed by atoms with van der Waals surface area (Å²) in [6.45, 7) is 11.9. The third-order valence-electron chi connectivity index (χ3n) is 5.02. The van der Waals surface area contributed by atoms with Crippen molar-refractivity contribution in [1.29, 1.82) is 0 Å². The molecule has 0 fully saturated rings. The van der Waals surface area contributed by atoms with E-state index < -0.39 is 0 Å². The van der Waals surface area contributed by atoms with Gasteiger partial charge < -0.3 is 10.2 Å². The first-order valence-corrected chi connectivity index (χ1v) is 10.0. The van der Waals surface area contributed by atoms with Crippen LogP contribution in [0.1, 0.15) is 38.1 Å². The van der Waals surface area contributed by atoms with E-state index in [1.807, 2.05) is 55.1 Å². The molecule has 2 heterocycles. The second-order valence-electron chi connectivity index (χ2n) is 7.02. The quantitative estimate of drug-likeness (QED) is 0.650. The van der Waals surface area contributed by atoms with Crippen LogP contribution < -0.4 is 5.32 Å². The molecule has 28 heavy (non-hydrogen) atoms. The Morgan fingerprint density at radius 2 is 1.96 bits per heavy atom. The van der Waals surface area contributed by atoms with Gasteiger partial charge in [-0.2, -0.15) is 5.10 Å². The average molecular weight is 380 g/mol. The number of rotatable bonds is 8. The number of amides is 1.